The van der Waals surface area contributed by atoms with E-state index in [1.165, 1.54) is 4.90 Å². The van der Waals surface area contributed by atoms with Crippen molar-refractivity contribution < 1.29 is 34.2 Å². The smallest absolute Gasteiger partial charge is 0.322 e. The average molecular weight is 457 g/mol. The van der Waals surface area contributed by atoms with Gasteiger partial charge < -0.3 is 42.9 Å². The summed E-state index contributed by atoms with van der Waals surface area (Å²) in [5.41, 5.74) is 16.4. The van der Waals surface area contributed by atoms with Crippen LogP contribution < -0.4 is 27.8 Å². The molecule has 0 aromatic rings. The molecule has 0 spiro atoms. The Kier molecular flexibility index (Phi) is 10.9. The number of aliphatic imine (C=N–C) groups is 1. The lowest BCUT2D eigenvalue weighted by atomic mass is 10.1. The van der Waals surface area contributed by atoms with Gasteiger partial charge in [-0.25, -0.2) is 0 Å². The van der Waals surface area contributed by atoms with Gasteiger partial charge in [-0.05, 0) is 32.1 Å². The number of nitrogens with one attached hydrogen (secondary N) is 2. The number of nitrogens with zero attached hydrogens (tertiary/aromatic N) is 2. The topological polar surface area (TPSA) is 244 Å². The van der Waals surface area contributed by atoms with E-state index in [1.54, 1.807) is 0 Å². The molecule has 3 unspecified atom stereocenters. The van der Waals surface area contributed by atoms with E-state index in [2.05, 4.69) is 15.6 Å². The van der Waals surface area contributed by atoms with Crippen molar-refractivity contribution in [2.45, 2.75) is 56.7 Å². The van der Waals surface area contributed by atoms with Crippen molar-refractivity contribution in [2.75, 3.05) is 19.6 Å². The van der Waals surface area contributed by atoms with Crippen LogP contribution in [0.15, 0.2) is 4.99 Å². The summed E-state index contributed by atoms with van der Waals surface area (Å²) in [4.78, 5) is 64.4. The molecule has 14 nitrogen and oxygen atoms in total. The number of amides is 3. The Balaban J connectivity index is 2.75. The van der Waals surface area contributed by atoms with Gasteiger partial charge in [0.05, 0.1) is 6.04 Å². The highest BCUT2D eigenvalue weighted by atomic mass is 16.4. The number of carboxylic acids is 2. The predicted molar refractivity (Wildman–Crippen MR) is 112 cm³/mol. The van der Waals surface area contributed by atoms with Crippen LogP contribution in [0.25, 0.3) is 0 Å². The highest BCUT2D eigenvalue weighted by Gasteiger charge is 2.37. The van der Waals surface area contributed by atoms with Gasteiger partial charge in [-0.15, -0.1) is 0 Å². The molecule has 0 aromatic carbocycles. The Morgan fingerprint density at radius 2 is 1.78 bits per heavy atom. The Morgan fingerprint density at radius 1 is 1.09 bits per heavy atom. The fourth-order valence-electron chi connectivity index (χ4n) is 3.25. The summed E-state index contributed by atoms with van der Waals surface area (Å²) < 4.78 is 0. The quantitative estimate of drug-likeness (QED) is 0.0834. The van der Waals surface area contributed by atoms with E-state index in [1.807, 2.05) is 0 Å². The van der Waals surface area contributed by atoms with E-state index < -0.39 is 60.8 Å². The molecule has 0 radical (unpaired) electrons. The first-order valence-electron chi connectivity index (χ1n) is 10.2. The number of aliphatic carboxylic acids is 2. The molecule has 180 valence electrons. The van der Waals surface area contributed by atoms with Gasteiger partial charge >= 0.3 is 11.9 Å². The number of hydrogen-bond acceptors (Lipinski definition) is 7. The largest absolute Gasteiger partial charge is 0.481 e. The number of likely N-dealkylation sites (tertiary alicyclic amines) is 1. The minimum atomic E-state index is -1.29. The van der Waals surface area contributed by atoms with Crippen LogP contribution in [0.3, 0.4) is 0 Å². The predicted octanol–water partition coefficient (Wildman–Crippen LogP) is -3.09. The number of carbonyl (C=O) groups excluding carboxylic acids is 3. The van der Waals surface area contributed by atoms with Gasteiger partial charge in [-0.2, -0.15) is 0 Å². The van der Waals surface area contributed by atoms with Gasteiger partial charge in [0.15, 0.2) is 5.96 Å². The van der Waals surface area contributed by atoms with Crippen LogP contribution in [-0.4, -0.2) is 88.5 Å². The molecule has 32 heavy (non-hydrogen) atoms. The van der Waals surface area contributed by atoms with Crippen LogP contribution in [0.4, 0.5) is 0 Å². The molecule has 0 saturated carbocycles. The number of guanidine groups is 1. The maximum Gasteiger partial charge on any atom is 0.322 e. The zero-order chi connectivity index (χ0) is 24.3. The maximum atomic E-state index is 12.8. The van der Waals surface area contributed by atoms with Crippen LogP contribution >= 0.6 is 0 Å². The molecule has 3 amide bonds. The highest BCUT2D eigenvalue weighted by molar-refractivity contribution is 5.94. The van der Waals surface area contributed by atoms with E-state index in [0.29, 0.717) is 38.8 Å². The summed E-state index contributed by atoms with van der Waals surface area (Å²) in [6.07, 6.45) is 1.02. The van der Waals surface area contributed by atoms with Gasteiger partial charge in [0.1, 0.15) is 18.6 Å². The third-order valence-electron chi connectivity index (χ3n) is 4.82. The Bertz CT molecular complexity index is 739. The molecule has 1 fully saturated rings. The van der Waals surface area contributed by atoms with Crippen molar-refractivity contribution in [1.82, 2.24) is 15.5 Å². The monoisotopic (exact) mass is 457 g/mol. The minimum absolute atomic E-state index is 0.0639. The van der Waals surface area contributed by atoms with Gasteiger partial charge in [-0.3, -0.25) is 29.0 Å². The van der Waals surface area contributed by atoms with E-state index in [-0.39, 0.29) is 12.4 Å². The Morgan fingerprint density at radius 3 is 2.38 bits per heavy atom. The SMILES string of the molecule is NC(N)=NCCCC(N)C(=O)N1CCCC1C(=O)NC(CCC(=O)O)C(=O)NCC(=O)O. The van der Waals surface area contributed by atoms with Crippen molar-refractivity contribution in [1.29, 1.82) is 0 Å². The van der Waals surface area contributed by atoms with Crippen LogP contribution in [0.5, 0.6) is 0 Å². The standard InChI is InChI=1S/C18H31N7O7/c19-10(3-1-7-22-18(20)21)17(32)25-8-2-4-12(25)16(31)24-11(5-6-13(26)27)15(30)23-9-14(28)29/h10-12H,1-9,19H2,(H,23,30)(H,24,31)(H,26,27)(H,28,29)(H4,20,21,22). The third-order valence-corrected chi connectivity index (χ3v) is 4.82. The number of carbonyl (C=O) groups is 5. The van der Waals surface area contributed by atoms with Gasteiger partial charge in [-0.1, -0.05) is 0 Å². The molecular weight excluding hydrogens is 426 g/mol. The molecular formula is C18H31N7O7. The van der Waals surface area contributed by atoms with Gasteiger partial charge in [0, 0.05) is 19.5 Å². The lowest BCUT2D eigenvalue weighted by Gasteiger charge is -2.28. The first-order chi connectivity index (χ1) is 15.0. The summed E-state index contributed by atoms with van der Waals surface area (Å²) in [5.74, 6) is -4.42. The Labute approximate surface area is 184 Å². The molecule has 14 heteroatoms. The number of carboxylic acid groups (broad SMARTS) is 2. The molecule has 0 aromatic heterocycles. The van der Waals surface area contributed by atoms with E-state index in [4.69, 9.17) is 27.4 Å². The van der Waals surface area contributed by atoms with Crippen LogP contribution in [-0.2, 0) is 24.0 Å². The fraction of sp³-hybridized carbons (Fsp3) is 0.667. The molecule has 0 aliphatic carbocycles. The number of hydrogen-bond donors (Lipinski definition) is 7. The minimum Gasteiger partial charge on any atom is -0.481 e. The normalized spacial score (nSPS) is 17.2. The van der Waals surface area contributed by atoms with Crippen LogP contribution in [0.2, 0.25) is 0 Å². The molecule has 1 heterocycles. The molecule has 1 aliphatic rings. The second-order valence-corrected chi connectivity index (χ2v) is 7.35. The first kappa shape index (κ1) is 26.6. The molecule has 3 atom stereocenters. The number of rotatable bonds is 13. The van der Waals surface area contributed by atoms with Crippen molar-refractivity contribution in [3.8, 4) is 0 Å². The number of nitrogens with two attached hydrogens (primary N) is 3. The zero-order valence-electron chi connectivity index (χ0n) is 17.7. The molecule has 1 rings (SSSR count). The third kappa shape index (κ3) is 9.16. The van der Waals surface area contributed by atoms with Gasteiger partial charge in [0.2, 0.25) is 17.7 Å². The second kappa shape index (κ2) is 13.1. The van der Waals surface area contributed by atoms with Crippen LogP contribution in [0.1, 0.15) is 38.5 Å². The van der Waals surface area contributed by atoms with Crippen molar-refractivity contribution in [2.24, 2.45) is 22.2 Å². The summed E-state index contributed by atoms with van der Waals surface area (Å²) in [5, 5.41) is 22.1. The van der Waals surface area contributed by atoms with Crippen LogP contribution in [0, 0.1) is 0 Å². The summed E-state index contributed by atoms with van der Waals surface area (Å²) >= 11 is 0. The van der Waals surface area contributed by atoms with Crippen molar-refractivity contribution >= 4 is 35.6 Å². The fourth-order valence-corrected chi connectivity index (χ4v) is 3.25. The lowest BCUT2D eigenvalue weighted by molar-refractivity contribution is -0.141. The summed E-state index contributed by atoms with van der Waals surface area (Å²) in [6.45, 7) is -0.0610. The summed E-state index contributed by atoms with van der Waals surface area (Å²) in [6, 6.07) is -2.99. The van der Waals surface area contributed by atoms with E-state index in [0.717, 1.165) is 0 Å². The highest BCUT2D eigenvalue weighted by Crippen LogP contribution is 2.19. The maximum absolute atomic E-state index is 12.8. The van der Waals surface area contributed by atoms with Crippen molar-refractivity contribution in [3.05, 3.63) is 0 Å². The lowest BCUT2D eigenvalue weighted by Crippen LogP contribution is -2.55. The van der Waals surface area contributed by atoms with Crippen molar-refractivity contribution in [3.63, 3.8) is 0 Å². The molecule has 1 aliphatic heterocycles. The average Bonchev–Trinajstić information content (AvgIpc) is 3.21. The molecule has 1 saturated heterocycles. The second-order valence-electron chi connectivity index (χ2n) is 7.35. The zero-order valence-corrected chi connectivity index (χ0v) is 17.7. The van der Waals surface area contributed by atoms with Gasteiger partial charge in [0.25, 0.3) is 0 Å². The summed E-state index contributed by atoms with van der Waals surface area (Å²) in [7, 11) is 0. The molecule has 0 bridgehead atoms. The first-order valence-corrected chi connectivity index (χ1v) is 10.2. The Hall–Kier alpha value is -3.42. The van der Waals surface area contributed by atoms with E-state index in [9.17, 15) is 24.0 Å². The van der Waals surface area contributed by atoms with E-state index >= 15 is 0 Å². The molecule has 10 N–H and O–H groups in total.